The van der Waals surface area contributed by atoms with Gasteiger partial charge in [0.15, 0.2) is 0 Å². The molecule has 3 atom stereocenters. The molecule has 1 aliphatic heterocycles. The number of carbonyl (C=O) groups is 1. The summed E-state index contributed by atoms with van der Waals surface area (Å²) >= 11 is 4.87. The van der Waals surface area contributed by atoms with E-state index in [0.717, 1.165) is 22.8 Å². The van der Waals surface area contributed by atoms with Crippen LogP contribution in [0.25, 0.3) is 10.8 Å². The number of halogens is 3. The van der Waals surface area contributed by atoms with E-state index < -0.39 is 5.66 Å². The Hall–Kier alpha value is -1.58. The Labute approximate surface area is 237 Å². The monoisotopic (exact) mass is 572 g/mol. The number of aromatic nitrogens is 1. The quantitative estimate of drug-likeness (QED) is 0.264. The van der Waals surface area contributed by atoms with Crippen molar-refractivity contribution in [3.63, 3.8) is 0 Å². The number of hydrogen-bond donors (Lipinski definition) is 3. The number of thiol groups is 1. The first kappa shape index (κ1) is 32.4. The van der Waals surface area contributed by atoms with Crippen molar-refractivity contribution in [3.05, 3.63) is 78.1 Å². The van der Waals surface area contributed by atoms with E-state index in [4.69, 9.17) is 23.1 Å². The van der Waals surface area contributed by atoms with Crippen molar-refractivity contribution in [2.45, 2.75) is 43.3 Å². The molecule has 2 heterocycles. The minimum Gasteiger partial charge on any atom is -0.377 e. The van der Waals surface area contributed by atoms with Gasteiger partial charge in [-0.25, -0.2) is 0 Å². The number of benzene rings is 2. The molecule has 1 aromatic heterocycles. The number of nitrogens with zero attached hydrogens (tertiary/aromatic N) is 2. The fraction of sp³-hybridized carbons (Fsp3) is 0.385. The first-order valence-electron chi connectivity index (χ1n) is 11.5. The van der Waals surface area contributed by atoms with E-state index in [2.05, 4.69) is 17.2 Å². The lowest BCUT2D eigenvalue weighted by atomic mass is 9.88. The standard InChI is InChI=1S/C26H32N4O2S.3ClH/c1-2-23(33)24-26(27,12-16-32-18-19-7-6-13-28-17-19)29-14-15-30(24)25(31)22-11-5-9-20-8-3-4-10-21(20)22;;;/h3-11,13,17,23-24,29,33H,2,12,14-16,18,27H2,1H3;3*1H. The highest BCUT2D eigenvalue weighted by Crippen LogP contribution is 2.30. The Morgan fingerprint density at radius 1 is 1.19 bits per heavy atom. The van der Waals surface area contributed by atoms with Crippen molar-refractivity contribution in [2.24, 2.45) is 5.73 Å². The predicted molar refractivity (Wildman–Crippen MR) is 157 cm³/mol. The fourth-order valence-corrected chi connectivity index (χ4v) is 5.08. The number of hydrogen-bond acceptors (Lipinski definition) is 6. The molecule has 0 saturated carbocycles. The van der Waals surface area contributed by atoms with Gasteiger partial charge < -0.3 is 15.4 Å². The molecular formula is C26H35Cl3N4O2S. The van der Waals surface area contributed by atoms with Crippen molar-refractivity contribution in [1.29, 1.82) is 0 Å². The molecular weight excluding hydrogens is 539 g/mol. The van der Waals surface area contributed by atoms with Crippen molar-refractivity contribution in [2.75, 3.05) is 19.7 Å². The molecule has 0 bridgehead atoms. The molecule has 1 fully saturated rings. The van der Waals surface area contributed by atoms with Crippen molar-refractivity contribution < 1.29 is 9.53 Å². The van der Waals surface area contributed by atoms with Crippen LogP contribution < -0.4 is 11.1 Å². The number of nitrogens with one attached hydrogen (secondary N) is 1. The Morgan fingerprint density at radius 3 is 2.67 bits per heavy atom. The maximum Gasteiger partial charge on any atom is 0.254 e. The zero-order valence-electron chi connectivity index (χ0n) is 20.2. The molecule has 2 aromatic carbocycles. The van der Waals surface area contributed by atoms with Crippen LogP contribution in [0.5, 0.6) is 0 Å². The van der Waals surface area contributed by atoms with Crippen molar-refractivity contribution in [3.8, 4) is 0 Å². The molecule has 1 aliphatic rings. The Balaban J connectivity index is 0.00000216. The van der Waals surface area contributed by atoms with Gasteiger partial charge in [-0.05, 0) is 34.9 Å². The summed E-state index contributed by atoms with van der Waals surface area (Å²) in [6.07, 6.45) is 4.90. The smallest absolute Gasteiger partial charge is 0.254 e. The molecule has 0 aliphatic carbocycles. The van der Waals surface area contributed by atoms with Crippen LogP contribution in [-0.2, 0) is 11.3 Å². The Kier molecular flexibility index (Phi) is 13.5. The summed E-state index contributed by atoms with van der Waals surface area (Å²) in [6.45, 7) is 4.22. The molecule has 0 radical (unpaired) electrons. The van der Waals surface area contributed by atoms with Crippen LogP contribution in [0, 0.1) is 0 Å². The number of fused-ring (bicyclic) bond motifs is 1. The highest BCUT2D eigenvalue weighted by molar-refractivity contribution is 7.81. The summed E-state index contributed by atoms with van der Waals surface area (Å²) in [4.78, 5) is 19.9. The van der Waals surface area contributed by atoms with Crippen LogP contribution in [0.4, 0.5) is 0 Å². The number of pyridine rings is 1. The molecule has 6 nitrogen and oxygen atoms in total. The second-order valence-electron chi connectivity index (χ2n) is 8.58. The van der Waals surface area contributed by atoms with Crippen LogP contribution in [0.3, 0.4) is 0 Å². The van der Waals surface area contributed by atoms with Crippen LogP contribution in [0.15, 0.2) is 67.0 Å². The molecule has 0 spiro atoms. The minimum absolute atomic E-state index is 0. The van der Waals surface area contributed by atoms with Gasteiger partial charge in [0.05, 0.1) is 24.9 Å². The highest BCUT2D eigenvalue weighted by Gasteiger charge is 2.46. The number of carbonyl (C=O) groups excluding carboxylic acids is 1. The van der Waals surface area contributed by atoms with E-state index in [1.165, 1.54) is 0 Å². The summed E-state index contributed by atoms with van der Waals surface area (Å²) in [7, 11) is 0. The summed E-state index contributed by atoms with van der Waals surface area (Å²) in [5.41, 5.74) is 7.86. The molecule has 4 rings (SSSR count). The Morgan fingerprint density at radius 2 is 1.94 bits per heavy atom. The maximum atomic E-state index is 13.8. The number of piperazine rings is 1. The number of nitrogens with two attached hydrogens (primary N) is 1. The maximum absolute atomic E-state index is 13.8. The van der Waals surface area contributed by atoms with Crippen LogP contribution in [0.1, 0.15) is 35.7 Å². The zero-order valence-corrected chi connectivity index (χ0v) is 23.6. The largest absolute Gasteiger partial charge is 0.377 e. The first-order valence-corrected chi connectivity index (χ1v) is 12.0. The van der Waals surface area contributed by atoms with E-state index in [1.54, 1.807) is 12.4 Å². The topological polar surface area (TPSA) is 80.5 Å². The van der Waals surface area contributed by atoms with E-state index in [1.807, 2.05) is 59.5 Å². The zero-order chi connectivity index (χ0) is 23.3. The predicted octanol–water partition coefficient (Wildman–Crippen LogP) is 4.88. The van der Waals surface area contributed by atoms with Gasteiger partial charge in [0, 0.05) is 42.7 Å². The summed E-state index contributed by atoms with van der Waals surface area (Å²) < 4.78 is 5.90. The third-order valence-electron chi connectivity index (χ3n) is 6.39. The SMILES string of the molecule is CCC(S)C1N(C(=O)c2cccc3ccccc23)CCNC1(N)CCOCc1cccnc1.Cl.Cl.Cl. The number of rotatable bonds is 8. The molecule has 198 valence electrons. The van der Waals surface area contributed by atoms with Crippen molar-refractivity contribution >= 4 is 66.5 Å². The van der Waals surface area contributed by atoms with Gasteiger partial charge in [-0.2, -0.15) is 12.6 Å². The average molecular weight is 574 g/mol. The molecule has 3 aromatic rings. The van der Waals surface area contributed by atoms with Gasteiger partial charge in [0.1, 0.15) is 0 Å². The van der Waals surface area contributed by atoms with Crippen molar-refractivity contribution in [1.82, 2.24) is 15.2 Å². The number of amides is 1. The highest BCUT2D eigenvalue weighted by atomic mass is 35.5. The number of ether oxygens (including phenoxy) is 1. The summed E-state index contributed by atoms with van der Waals surface area (Å²) in [5.74, 6) is -0.00287. The van der Waals surface area contributed by atoms with Gasteiger partial charge in [-0.1, -0.05) is 49.4 Å². The Bertz CT molecular complexity index is 1090. The lowest BCUT2D eigenvalue weighted by molar-refractivity contribution is 0.0194. The molecule has 36 heavy (non-hydrogen) atoms. The fourth-order valence-electron chi connectivity index (χ4n) is 4.65. The van der Waals surface area contributed by atoms with E-state index in [0.29, 0.717) is 38.3 Å². The lowest BCUT2D eigenvalue weighted by Crippen LogP contribution is -2.75. The molecule has 3 N–H and O–H groups in total. The summed E-state index contributed by atoms with van der Waals surface area (Å²) in [5, 5.41) is 5.41. The minimum atomic E-state index is -0.796. The lowest BCUT2D eigenvalue weighted by Gasteiger charge is -2.51. The van der Waals surface area contributed by atoms with E-state index in [-0.39, 0.29) is 54.4 Å². The van der Waals surface area contributed by atoms with Crippen LogP contribution in [-0.4, -0.2) is 52.4 Å². The van der Waals surface area contributed by atoms with E-state index >= 15 is 0 Å². The second kappa shape index (κ2) is 15.0. The first-order chi connectivity index (χ1) is 16.0. The molecule has 1 amide bonds. The molecule has 3 unspecified atom stereocenters. The van der Waals surface area contributed by atoms with Crippen LogP contribution >= 0.6 is 49.8 Å². The molecule has 10 heteroatoms. The molecule has 1 saturated heterocycles. The normalized spacial score (nSPS) is 20.0. The van der Waals surface area contributed by atoms with Gasteiger partial charge in [0.2, 0.25) is 0 Å². The van der Waals surface area contributed by atoms with Gasteiger partial charge in [-0.15, -0.1) is 37.2 Å². The van der Waals surface area contributed by atoms with Gasteiger partial charge in [0.25, 0.3) is 5.91 Å². The van der Waals surface area contributed by atoms with Gasteiger partial charge in [-0.3, -0.25) is 15.1 Å². The third kappa shape index (κ3) is 7.25. The van der Waals surface area contributed by atoms with Crippen LogP contribution in [0.2, 0.25) is 0 Å². The summed E-state index contributed by atoms with van der Waals surface area (Å²) in [6, 6.07) is 17.5. The third-order valence-corrected chi connectivity index (χ3v) is 7.03. The van der Waals surface area contributed by atoms with Gasteiger partial charge >= 0.3 is 0 Å². The average Bonchev–Trinajstić information content (AvgIpc) is 2.86. The van der Waals surface area contributed by atoms with E-state index in [9.17, 15) is 4.79 Å². The second-order valence-corrected chi connectivity index (χ2v) is 9.24.